The van der Waals surface area contributed by atoms with Gasteiger partial charge in [-0.2, -0.15) is 0 Å². The van der Waals surface area contributed by atoms with Crippen LogP contribution in [-0.2, 0) is 0 Å². The molecule has 1 unspecified atom stereocenters. The third kappa shape index (κ3) is 1.66. The topological polar surface area (TPSA) is 15.3 Å². The van der Waals surface area contributed by atoms with E-state index < -0.39 is 0 Å². The quantitative estimate of drug-likeness (QED) is 0.588. The summed E-state index contributed by atoms with van der Waals surface area (Å²) in [5.41, 5.74) is 0. The number of nitrogens with zero attached hydrogens (tertiary/aromatic N) is 1. The maximum absolute atomic E-state index is 3.16. The minimum Gasteiger partial charge on any atom is -0.320 e. The monoisotopic (exact) mass is 128 g/mol. The normalized spacial score (nSPS) is 28.0. The van der Waals surface area contributed by atoms with Crippen molar-refractivity contribution in [1.82, 2.24) is 10.2 Å². The van der Waals surface area contributed by atoms with Crippen molar-refractivity contribution in [1.29, 1.82) is 0 Å². The largest absolute Gasteiger partial charge is 0.320 e. The molecule has 1 aliphatic rings. The second kappa shape index (κ2) is 3.18. The number of hydrogen-bond acceptors (Lipinski definition) is 2. The Morgan fingerprint density at radius 1 is 1.67 bits per heavy atom. The zero-order valence-corrected chi connectivity index (χ0v) is 6.35. The van der Waals surface area contributed by atoms with Crippen LogP contribution in [0.1, 0.15) is 12.8 Å². The van der Waals surface area contributed by atoms with Crippen LogP contribution in [0.5, 0.6) is 0 Å². The third-order valence-electron chi connectivity index (χ3n) is 2.17. The molecule has 0 bridgehead atoms. The molecule has 0 aromatic carbocycles. The third-order valence-corrected chi connectivity index (χ3v) is 2.17. The summed E-state index contributed by atoms with van der Waals surface area (Å²) < 4.78 is 0. The molecule has 1 rings (SSSR count). The molecule has 1 saturated heterocycles. The zero-order valence-electron chi connectivity index (χ0n) is 6.35. The van der Waals surface area contributed by atoms with Crippen molar-refractivity contribution in [3.63, 3.8) is 0 Å². The van der Waals surface area contributed by atoms with Crippen molar-refractivity contribution < 1.29 is 0 Å². The van der Waals surface area contributed by atoms with E-state index in [9.17, 15) is 0 Å². The van der Waals surface area contributed by atoms with Crippen LogP contribution in [0.15, 0.2) is 0 Å². The van der Waals surface area contributed by atoms with E-state index in [1.807, 2.05) is 7.05 Å². The summed E-state index contributed by atoms with van der Waals surface area (Å²) in [7, 11) is 4.21. The predicted octanol–water partition coefficient (Wildman–Crippen LogP) is 0.300. The van der Waals surface area contributed by atoms with Crippen LogP contribution in [0, 0.1) is 0 Å². The molecular weight excluding hydrogens is 112 g/mol. The molecule has 0 saturated carbocycles. The van der Waals surface area contributed by atoms with Crippen molar-refractivity contribution in [2.45, 2.75) is 18.9 Å². The minimum atomic E-state index is 0.873. The lowest BCUT2D eigenvalue weighted by molar-refractivity contribution is 0.119. The van der Waals surface area contributed by atoms with Gasteiger partial charge in [0.25, 0.3) is 0 Å². The van der Waals surface area contributed by atoms with Gasteiger partial charge in [-0.3, -0.25) is 0 Å². The van der Waals surface area contributed by atoms with Crippen LogP contribution < -0.4 is 5.32 Å². The summed E-state index contributed by atoms with van der Waals surface area (Å²) in [4.78, 5) is 2.41. The van der Waals surface area contributed by atoms with Gasteiger partial charge in [0, 0.05) is 6.04 Å². The van der Waals surface area contributed by atoms with Crippen molar-refractivity contribution in [3.8, 4) is 0 Å². The molecule has 1 heterocycles. The van der Waals surface area contributed by atoms with Gasteiger partial charge >= 0.3 is 0 Å². The summed E-state index contributed by atoms with van der Waals surface area (Å²) in [6, 6.07) is 0.873. The summed E-state index contributed by atoms with van der Waals surface area (Å²) in [6.07, 6.45) is 2.71. The van der Waals surface area contributed by atoms with E-state index in [0.29, 0.717) is 0 Å². The van der Waals surface area contributed by atoms with Gasteiger partial charge < -0.3 is 10.2 Å². The number of likely N-dealkylation sites (tertiary alicyclic amines) is 1. The molecule has 0 aliphatic carbocycles. The fourth-order valence-corrected chi connectivity index (χ4v) is 1.25. The molecule has 1 N–H and O–H groups in total. The molecule has 2 heteroatoms. The van der Waals surface area contributed by atoms with Crippen LogP contribution in [0.25, 0.3) is 0 Å². The number of hydrogen-bond donors (Lipinski definition) is 1. The molecule has 0 aromatic heterocycles. The van der Waals surface area contributed by atoms with Crippen LogP contribution in [0.3, 0.4) is 0 Å². The average Bonchev–Trinajstić information content (AvgIpc) is 1.86. The van der Waals surface area contributed by atoms with E-state index in [2.05, 4.69) is 17.3 Å². The smallest absolute Gasteiger partial charge is 0.0116 e. The van der Waals surface area contributed by atoms with Crippen molar-refractivity contribution >= 4 is 0 Å². The highest BCUT2D eigenvalue weighted by Crippen LogP contribution is 2.16. The van der Waals surface area contributed by atoms with Gasteiger partial charge in [-0.15, -0.1) is 0 Å². The highest BCUT2D eigenvalue weighted by molar-refractivity contribution is 4.79. The summed E-state index contributed by atoms with van der Waals surface area (Å²) in [6.45, 7) is 2.46. The molecule has 1 aliphatic heterocycles. The lowest BCUT2D eigenvalue weighted by Gasteiger charge is -2.37. The zero-order chi connectivity index (χ0) is 6.69. The molecule has 0 radical (unpaired) electrons. The lowest BCUT2D eigenvalue weighted by atomic mass is 10.0. The second-order valence-electron chi connectivity index (χ2n) is 2.82. The van der Waals surface area contributed by atoms with Gasteiger partial charge in [-0.1, -0.05) is 0 Å². The number of nitrogens with one attached hydrogen (secondary N) is 1. The SMILES string of the molecule is CNCCC1CCN1C. The fraction of sp³-hybridized carbons (Fsp3) is 1.00. The fourth-order valence-electron chi connectivity index (χ4n) is 1.25. The van der Waals surface area contributed by atoms with E-state index in [0.717, 1.165) is 12.6 Å². The van der Waals surface area contributed by atoms with E-state index in [1.54, 1.807) is 0 Å². The van der Waals surface area contributed by atoms with Crippen LogP contribution in [0.2, 0.25) is 0 Å². The molecule has 9 heavy (non-hydrogen) atoms. The van der Waals surface area contributed by atoms with E-state index in [1.165, 1.54) is 19.4 Å². The molecule has 1 atom stereocenters. The first-order chi connectivity index (χ1) is 4.34. The molecule has 0 aromatic rings. The summed E-state index contributed by atoms with van der Waals surface area (Å²) >= 11 is 0. The second-order valence-corrected chi connectivity index (χ2v) is 2.82. The van der Waals surface area contributed by atoms with Gasteiger partial charge in [0.2, 0.25) is 0 Å². The van der Waals surface area contributed by atoms with E-state index >= 15 is 0 Å². The molecule has 0 spiro atoms. The van der Waals surface area contributed by atoms with Gasteiger partial charge in [0.1, 0.15) is 0 Å². The Morgan fingerprint density at radius 3 is 2.78 bits per heavy atom. The highest BCUT2D eigenvalue weighted by atomic mass is 15.2. The molecule has 1 fully saturated rings. The van der Waals surface area contributed by atoms with E-state index in [-0.39, 0.29) is 0 Å². The van der Waals surface area contributed by atoms with Crippen molar-refractivity contribution in [2.24, 2.45) is 0 Å². The van der Waals surface area contributed by atoms with Gasteiger partial charge in [0.15, 0.2) is 0 Å². The molecule has 0 amide bonds. The Kier molecular flexibility index (Phi) is 2.49. The summed E-state index contributed by atoms with van der Waals surface area (Å²) in [5.74, 6) is 0. The Morgan fingerprint density at radius 2 is 2.44 bits per heavy atom. The first-order valence-electron chi connectivity index (χ1n) is 3.69. The number of rotatable bonds is 3. The average molecular weight is 128 g/mol. The van der Waals surface area contributed by atoms with Crippen LogP contribution in [-0.4, -0.2) is 38.1 Å². The maximum atomic E-state index is 3.16. The van der Waals surface area contributed by atoms with Crippen LogP contribution >= 0.6 is 0 Å². The Balaban J connectivity index is 1.99. The highest BCUT2D eigenvalue weighted by Gasteiger charge is 2.22. The standard InChI is InChI=1S/C7H16N2/c1-8-5-3-7-4-6-9(7)2/h7-8H,3-6H2,1-2H3. The van der Waals surface area contributed by atoms with Gasteiger partial charge in [-0.05, 0) is 40.0 Å². The molecule has 54 valence electrons. The summed E-state index contributed by atoms with van der Waals surface area (Å²) in [5, 5.41) is 3.16. The lowest BCUT2D eigenvalue weighted by Crippen LogP contribution is -2.45. The van der Waals surface area contributed by atoms with Crippen LogP contribution in [0.4, 0.5) is 0 Å². The van der Waals surface area contributed by atoms with Crippen molar-refractivity contribution in [2.75, 3.05) is 27.2 Å². The Bertz CT molecular complexity index is 83.0. The predicted molar refractivity (Wildman–Crippen MR) is 39.6 cm³/mol. The molecule has 2 nitrogen and oxygen atoms in total. The van der Waals surface area contributed by atoms with Gasteiger partial charge in [-0.25, -0.2) is 0 Å². The van der Waals surface area contributed by atoms with E-state index in [4.69, 9.17) is 0 Å². The van der Waals surface area contributed by atoms with Gasteiger partial charge in [0.05, 0.1) is 0 Å². The first-order valence-corrected chi connectivity index (χ1v) is 3.69. The van der Waals surface area contributed by atoms with Crippen molar-refractivity contribution in [3.05, 3.63) is 0 Å². The minimum absolute atomic E-state index is 0.873. The molecular formula is C7H16N2. The first kappa shape index (κ1) is 7.03. The Hall–Kier alpha value is -0.0800. The maximum Gasteiger partial charge on any atom is 0.0116 e. The Labute approximate surface area is 57.2 Å².